The van der Waals surface area contributed by atoms with Crippen molar-refractivity contribution in [1.29, 1.82) is 0 Å². The molecule has 0 aliphatic carbocycles. The van der Waals surface area contributed by atoms with E-state index in [-0.39, 0.29) is 24.4 Å². The number of nitrogens with zero attached hydrogens (tertiary/aromatic N) is 4. The van der Waals surface area contributed by atoms with Crippen LogP contribution in [-0.2, 0) is 4.79 Å². The van der Waals surface area contributed by atoms with E-state index >= 15 is 0 Å². The molecule has 152 valence electrons. The standard InChI is InChI=1S/C21H23ClN4O3/c1-15-20(28)25(21(29)26(15)18-4-2-16(22)3-5-18)14-23-10-12-24(13-11-23)17-6-8-19(27)9-7-17/h2-9,15,27H,10-14H2,1H3/t15-/m1/s1. The first-order valence-electron chi connectivity index (χ1n) is 9.60. The van der Waals surface area contributed by atoms with Crippen LogP contribution >= 0.6 is 11.6 Å². The summed E-state index contributed by atoms with van der Waals surface area (Å²) in [7, 11) is 0. The van der Waals surface area contributed by atoms with Gasteiger partial charge in [-0.3, -0.25) is 14.6 Å². The van der Waals surface area contributed by atoms with Crippen LogP contribution in [0.2, 0.25) is 5.02 Å². The van der Waals surface area contributed by atoms with Gasteiger partial charge in [0, 0.05) is 42.6 Å². The lowest BCUT2D eigenvalue weighted by atomic mass is 10.2. The lowest BCUT2D eigenvalue weighted by Gasteiger charge is -2.37. The van der Waals surface area contributed by atoms with Gasteiger partial charge in [-0.2, -0.15) is 0 Å². The van der Waals surface area contributed by atoms with Gasteiger partial charge in [-0.1, -0.05) is 11.6 Å². The maximum absolute atomic E-state index is 12.9. The van der Waals surface area contributed by atoms with E-state index in [4.69, 9.17) is 11.6 Å². The zero-order valence-corrected chi connectivity index (χ0v) is 16.9. The fraction of sp³-hybridized carbons (Fsp3) is 0.333. The Morgan fingerprint density at radius 1 is 0.931 bits per heavy atom. The van der Waals surface area contributed by atoms with Crippen LogP contribution in [0.5, 0.6) is 5.75 Å². The Morgan fingerprint density at radius 3 is 2.14 bits per heavy atom. The number of piperazine rings is 1. The summed E-state index contributed by atoms with van der Waals surface area (Å²) in [6.07, 6.45) is 0. The van der Waals surface area contributed by atoms with Crippen molar-refractivity contribution < 1.29 is 14.7 Å². The van der Waals surface area contributed by atoms with Crippen LogP contribution in [0.1, 0.15) is 6.92 Å². The van der Waals surface area contributed by atoms with E-state index in [1.807, 2.05) is 12.1 Å². The summed E-state index contributed by atoms with van der Waals surface area (Å²) < 4.78 is 0. The lowest BCUT2D eigenvalue weighted by molar-refractivity contribution is -0.128. The molecule has 2 aromatic carbocycles. The van der Waals surface area contributed by atoms with Gasteiger partial charge in [0.2, 0.25) is 0 Å². The van der Waals surface area contributed by atoms with Gasteiger partial charge in [0.15, 0.2) is 0 Å². The highest BCUT2D eigenvalue weighted by atomic mass is 35.5. The fourth-order valence-corrected chi connectivity index (χ4v) is 3.93. The predicted octanol–water partition coefficient (Wildman–Crippen LogP) is 2.98. The monoisotopic (exact) mass is 414 g/mol. The molecule has 3 amide bonds. The number of benzene rings is 2. The molecule has 0 bridgehead atoms. The third kappa shape index (κ3) is 3.88. The first-order chi connectivity index (χ1) is 13.9. The van der Waals surface area contributed by atoms with Crippen LogP contribution in [-0.4, -0.2) is 65.7 Å². The highest BCUT2D eigenvalue weighted by Crippen LogP contribution is 2.27. The minimum atomic E-state index is -0.540. The normalized spacial score (nSPS) is 20.6. The van der Waals surface area contributed by atoms with E-state index in [0.29, 0.717) is 10.7 Å². The van der Waals surface area contributed by atoms with Crippen molar-refractivity contribution in [2.45, 2.75) is 13.0 Å². The molecular weight excluding hydrogens is 392 g/mol. The summed E-state index contributed by atoms with van der Waals surface area (Å²) in [6.45, 7) is 5.10. The first kappa shape index (κ1) is 19.5. The number of amides is 3. The molecule has 2 saturated heterocycles. The Hall–Kier alpha value is -2.77. The minimum absolute atomic E-state index is 0.189. The Bertz CT molecular complexity index is 895. The first-order valence-corrected chi connectivity index (χ1v) is 9.98. The van der Waals surface area contributed by atoms with Crippen LogP contribution in [0.25, 0.3) is 0 Å². The van der Waals surface area contributed by atoms with Crippen LogP contribution in [0.3, 0.4) is 0 Å². The van der Waals surface area contributed by atoms with Gasteiger partial charge < -0.3 is 10.0 Å². The quantitative estimate of drug-likeness (QED) is 0.779. The Balaban J connectivity index is 1.39. The summed E-state index contributed by atoms with van der Waals surface area (Å²) in [5.41, 5.74) is 1.72. The lowest BCUT2D eigenvalue weighted by Crippen LogP contribution is -2.51. The molecule has 0 spiro atoms. The number of hydrogen-bond acceptors (Lipinski definition) is 5. The van der Waals surface area contributed by atoms with Crippen LogP contribution in [0, 0.1) is 0 Å². The van der Waals surface area contributed by atoms with Gasteiger partial charge in [-0.05, 0) is 55.5 Å². The van der Waals surface area contributed by atoms with Crippen molar-refractivity contribution >= 4 is 34.9 Å². The van der Waals surface area contributed by atoms with E-state index in [1.54, 1.807) is 43.3 Å². The second kappa shape index (κ2) is 7.93. The second-order valence-corrected chi connectivity index (χ2v) is 7.77. The molecule has 2 fully saturated rings. The van der Waals surface area contributed by atoms with Gasteiger partial charge in [0.25, 0.3) is 5.91 Å². The Morgan fingerprint density at radius 2 is 1.52 bits per heavy atom. The van der Waals surface area contributed by atoms with Crippen LogP contribution in [0.4, 0.5) is 16.2 Å². The van der Waals surface area contributed by atoms with Crippen molar-refractivity contribution in [2.75, 3.05) is 42.6 Å². The molecule has 0 saturated carbocycles. The molecule has 8 heteroatoms. The number of halogens is 1. The summed E-state index contributed by atoms with van der Waals surface area (Å²) in [6, 6.07) is 13.2. The third-order valence-corrected chi connectivity index (χ3v) is 5.73. The number of rotatable bonds is 4. The molecule has 4 rings (SSSR count). The van der Waals surface area contributed by atoms with E-state index in [2.05, 4.69) is 9.80 Å². The number of urea groups is 1. The predicted molar refractivity (Wildman–Crippen MR) is 112 cm³/mol. The fourth-order valence-electron chi connectivity index (χ4n) is 3.80. The molecular formula is C21H23ClN4O3. The zero-order valence-electron chi connectivity index (χ0n) is 16.2. The number of imide groups is 1. The molecule has 0 radical (unpaired) electrons. The largest absolute Gasteiger partial charge is 0.508 e. The van der Waals surface area contributed by atoms with Gasteiger partial charge in [0.05, 0.1) is 6.67 Å². The number of anilines is 2. The van der Waals surface area contributed by atoms with Gasteiger partial charge in [-0.15, -0.1) is 0 Å². The SMILES string of the molecule is C[C@@H]1C(=O)N(CN2CCN(c3ccc(O)cc3)CC2)C(=O)N1c1ccc(Cl)cc1. The summed E-state index contributed by atoms with van der Waals surface area (Å²) in [5.74, 6) is 0.0590. The number of carbonyl (C=O) groups is 2. The maximum Gasteiger partial charge on any atom is 0.333 e. The number of carbonyl (C=O) groups excluding carboxylic acids is 2. The van der Waals surface area contributed by atoms with Gasteiger partial charge in [0.1, 0.15) is 11.8 Å². The van der Waals surface area contributed by atoms with Crippen molar-refractivity contribution in [3.63, 3.8) is 0 Å². The molecule has 2 heterocycles. The van der Waals surface area contributed by atoms with Crippen molar-refractivity contribution in [1.82, 2.24) is 9.80 Å². The van der Waals surface area contributed by atoms with Crippen LogP contribution < -0.4 is 9.80 Å². The summed E-state index contributed by atoms with van der Waals surface area (Å²) >= 11 is 5.94. The highest BCUT2D eigenvalue weighted by Gasteiger charge is 2.44. The van der Waals surface area contributed by atoms with Crippen molar-refractivity contribution in [2.24, 2.45) is 0 Å². The summed E-state index contributed by atoms with van der Waals surface area (Å²) in [4.78, 5) is 32.9. The number of aromatic hydroxyl groups is 1. The Labute approximate surface area is 174 Å². The molecule has 0 unspecified atom stereocenters. The number of phenolic OH excluding ortho intramolecular Hbond substituents is 1. The number of hydrogen-bond donors (Lipinski definition) is 1. The highest BCUT2D eigenvalue weighted by molar-refractivity contribution is 6.30. The van der Waals surface area contributed by atoms with Crippen molar-refractivity contribution in [3.05, 3.63) is 53.6 Å². The molecule has 2 aliphatic heterocycles. The molecule has 0 aromatic heterocycles. The van der Waals surface area contributed by atoms with E-state index in [9.17, 15) is 14.7 Å². The molecule has 1 N–H and O–H groups in total. The van der Waals surface area contributed by atoms with Gasteiger partial charge >= 0.3 is 6.03 Å². The molecule has 7 nitrogen and oxygen atoms in total. The summed E-state index contributed by atoms with van der Waals surface area (Å²) in [5, 5.41) is 10.0. The second-order valence-electron chi connectivity index (χ2n) is 7.33. The van der Waals surface area contributed by atoms with E-state index in [1.165, 1.54) is 9.80 Å². The van der Waals surface area contributed by atoms with Crippen molar-refractivity contribution in [3.8, 4) is 5.75 Å². The smallest absolute Gasteiger partial charge is 0.333 e. The zero-order chi connectivity index (χ0) is 20.5. The van der Waals surface area contributed by atoms with E-state index in [0.717, 1.165) is 31.9 Å². The molecule has 1 atom stereocenters. The van der Waals surface area contributed by atoms with Gasteiger partial charge in [-0.25, -0.2) is 9.69 Å². The third-order valence-electron chi connectivity index (χ3n) is 5.48. The average molecular weight is 415 g/mol. The molecule has 2 aliphatic rings. The topological polar surface area (TPSA) is 67.3 Å². The van der Waals surface area contributed by atoms with Crippen LogP contribution in [0.15, 0.2) is 48.5 Å². The molecule has 29 heavy (non-hydrogen) atoms. The maximum atomic E-state index is 12.9. The average Bonchev–Trinajstić information content (AvgIpc) is 2.93. The minimum Gasteiger partial charge on any atom is -0.508 e. The molecule has 2 aromatic rings. The van der Waals surface area contributed by atoms with E-state index < -0.39 is 6.04 Å². The Kier molecular flexibility index (Phi) is 5.34. The number of phenols is 1.